The molecule has 0 aliphatic carbocycles. The Balaban J connectivity index is 2.51. The van der Waals surface area contributed by atoms with E-state index in [4.69, 9.17) is 5.11 Å². The van der Waals surface area contributed by atoms with Crippen molar-refractivity contribution in [2.45, 2.75) is 18.2 Å². The molecule has 0 spiro atoms. The standard InChI is InChI=1S/C14H18N2O3S/c1-2-16(10-5-11-17)20(18,19)14-8-3-7-13-12(14)6-4-9-15-13/h3-4,6-9,17H,2,5,10-11H2,1H3. The van der Waals surface area contributed by atoms with Gasteiger partial charge in [-0.05, 0) is 30.7 Å². The highest BCUT2D eigenvalue weighted by Gasteiger charge is 2.24. The summed E-state index contributed by atoms with van der Waals surface area (Å²) in [7, 11) is -3.57. The average molecular weight is 294 g/mol. The number of rotatable bonds is 6. The fourth-order valence-corrected chi connectivity index (χ4v) is 3.82. The van der Waals surface area contributed by atoms with Crippen LogP contribution in [0.15, 0.2) is 41.4 Å². The number of sulfonamides is 1. The molecular weight excluding hydrogens is 276 g/mol. The van der Waals surface area contributed by atoms with Crippen LogP contribution in [0.4, 0.5) is 0 Å². The van der Waals surface area contributed by atoms with Gasteiger partial charge in [-0.2, -0.15) is 4.31 Å². The Morgan fingerprint density at radius 1 is 1.25 bits per heavy atom. The number of pyridine rings is 1. The van der Waals surface area contributed by atoms with Crippen LogP contribution in [0, 0.1) is 0 Å². The molecule has 0 atom stereocenters. The number of hydrogen-bond acceptors (Lipinski definition) is 4. The van der Waals surface area contributed by atoms with Crippen LogP contribution >= 0.6 is 0 Å². The van der Waals surface area contributed by atoms with E-state index in [1.165, 1.54) is 4.31 Å². The van der Waals surface area contributed by atoms with Gasteiger partial charge in [0.1, 0.15) is 0 Å². The molecular formula is C14H18N2O3S. The third-order valence-corrected chi connectivity index (χ3v) is 5.17. The van der Waals surface area contributed by atoms with Gasteiger partial charge < -0.3 is 5.11 Å². The fraction of sp³-hybridized carbons (Fsp3) is 0.357. The molecule has 1 N–H and O–H groups in total. The Labute approximate surface area is 118 Å². The van der Waals surface area contributed by atoms with Crippen molar-refractivity contribution in [3.05, 3.63) is 36.5 Å². The van der Waals surface area contributed by atoms with Gasteiger partial charge in [0, 0.05) is 31.3 Å². The predicted octanol–water partition coefficient (Wildman–Crippen LogP) is 1.63. The lowest BCUT2D eigenvalue weighted by Crippen LogP contribution is -2.32. The van der Waals surface area contributed by atoms with Gasteiger partial charge in [0.15, 0.2) is 0 Å². The van der Waals surface area contributed by atoms with Crippen LogP contribution in [0.1, 0.15) is 13.3 Å². The molecule has 20 heavy (non-hydrogen) atoms. The van der Waals surface area contributed by atoms with Gasteiger partial charge in [-0.3, -0.25) is 4.98 Å². The summed E-state index contributed by atoms with van der Waals surface area (Å²) in [6.45, 7) is 2.45. The molecule has 0 aliphatic rings. The molecule has 6 heteroatoms. The molecule has 5 nitrogen and oxygen atoms in total. The first-order chi connectivity index (χ1) is 9.61. The second-order valence-corrected chi connectivity index (χ2v) is 6.31. The Hall–Kier alpha value is -1.50. The largest absolute Gasteiger partial charge is 0.396 e. The third-order valence-electron chi connectivity index (χ3n) is 3.14. The Bertz CT molecular complexity index is 680. The van der Waals surface area contributed by atoms with Crippen LogP contribution in [0.2, 0.25) is 0 Å². The van der Waals surface area contributed by atoms with Gasteiger partial charge >= 0.3 is 0 Å². The number of fused-ring (bicyclic) bond motifs is 1. The number of aromatic nitrogens is 1. The summed E-state index contributed by atoms with van der Waals surface area (Å²) in [5, 5.41) is 9.51. The van der Waals surface area contributed by atoms with Crippen molar-refractivity contribution in [2.24, 2.45) is 0 Å². The van der Waals surface area contributed by atoms with E-state index in [9.17, 15) is 8.42 Å². The van der Waals surface area contributed by atoms with Gasteiger partial charge in [0.05, 0.1) is 10.4 Å². The summed E-state index contributed by atoms with van der Waals surface area (Å²) in [5.41, 5.74) is 0.659. The molecule has 1 heterocycles. The van der Waals surface area contributed by atoms with Crippen molar-refractivity contribution in [3.63, 3.8) is 0 Å². The summed E-state index contributed by atoms with van der Waals surface area (Å²) >= 11 is 0. The maximum atomic E-state index is 12.7. The van der Waals surface area contributed by atoms with E-state index in [1.807, 2.05) is 0 Å². The maximum absolute atomic E-state index is 12.7. The SMILES string of the molecule is CCN(CCCO)S(=O)(=O)c1cccc2ncccc12. The molecule has 0 amide bonds. The van der Waals surface area contributed by atoms with Crippen molar-refractivity contribution >= 4 is 20.9 Å². The Morgan fingerprint density at radius 2 is 2.05 bits per heavy atom. The van der Waals surface area contributed by atoms with E-state index >= 15 is 0 Å². The summed E-state index contributed by atoms with van der Waals surface area (Å²) in [6, 6.07) is 8.57. The minimum absolute atomic E-state index is 0.0247. The summed E-state index contributed by atoms with van der Waals surface area (Å²) < 4.78 is 26.8. The zero-order chi connectivity index (χ0) is 14.6. The second kappa shape index (κ2) is 6.30. The predicted molar refractivity (Wildman–Crippen MR) is 77.9 cm³/mol. The zero-order valence-electron chi connectivity index (χ0n) is 11.4. The van der Waals surface area contributed by atoms with Crippen LogP contribution < -0.4 is 0 Å². The topological polar surface area (TPSA) is 70.5 Å². The molecule has 0 saturated heterocycles. The number of nitrogens with zero attached hydrogens (tertiary/aromatic N) is 2. The maximum Gasteiger partial charge on any atom is 0.243 e. The fourth-order valence-electron chi connectivity index (χ4n) is 2.13. The lowest BCUT2D eigenvalue weighted by molar-refractivity contribution is 0.271. The minimum Gasteiger partial charge on any atom is -0.396 e. The highest BCUT2D eigenvalue weighted by molar-refractivity contribution is 7.89. The van der Waals surface area contributed by atoms with Gasteiger partial charge in [-0.15, -0.1) is 0 Å². The molecule has 2 rings (SSSR count). The second-order valence-electron chi connectivity index (χ2n) is 4.40. The normalized spacial score (nSPS) is 12.2. The minimum atomic E-state index is -3.57. The Kier molecular flexibility index (Phi) is 4.69. The number of aliphatic hydroxyl groups is 1. The van der Waals surface area contributed by atoms with Crippen molar-refractivity contribution in [3.8, 4) is 0 Å². The van der Waals surface area contributed by atoms with E-state index in [1.54, 1.807) is 43.5 Å². The lowest BCUT2D eigenvalue weighted by atomic mass is 10.2. The van der Waals surface area contributed by atoms with Gasteiger partial charge in [-0.1, -0.05) is 13.0 Å². The molecule has 0 saturated carbocycles. The lowest BCUT2D eigenvalue weighted by Gasteiger charge is -2.20. The molecule has 0 fully saturated rings. The first kappa shape index (κ1) is 14.9. The van der Waals surface area contributed by atoms with E-state index in [2.05, 4.69) is 4.98 Å². The van der Waals surface area contributed by atoms with Crippen molar-refractivity contribution in [2.75, 3.05) is 19.7 Å². The quantitative estimate of drug-likeness (QED) is 0.879. The number of benzene rings is 1. The summed E-state index contributed by atoms with van der Waals surface area (Å²) in [6.07, 6.45) is 2.07. The van der Waals surface area contributed by atoms with Gasteiger partial charge in [0.25, 0.3) is 0 Å². The van der Waals surface area contributed by atoms with Gasteiger partial charge in [-0.25, -0.2) is 8.42 Å². The zero-order valence-corrected chi connectivity index (χ0v) is 12.2. The molecule has 0 aliphatic heterocycles. The first-order valence-electron chi connectivity index (χ1n) is 6.56. The molecule has 0 radical (unpaired) electrons. The average Bonchev–Trinajstić information content (AvgIpc) is 2.47. The van der Waals surface area contributed by atoms with E-state index in [-0.39, 0.29) is 11.5 Å². The van der Waals surface area contributed by atoms with Crippen molar-refractivity contribution in [1.82, 2.24) is 9.29 Å². The first-order valence-corrected chi connectivity index (χ1v) is 8.00. The molecule has 108 valence electrons. The molecule has 1 aromatic carbocycles. The molecule has 2 aromatic rings. The molecule has 1 aromatic heterocycles. The number of hydrogen-bond donors (Lipinski definition) is 1. The van der Waals surface area contributed by atoms with Crippen molar-refractivity contribution < 1.29 is 13.5 Å². The van der Waals surface area contributed by atoms with Crippen LogP contribution in [0.25, 0.3) is 10.9 Å². The van der Waals surface area contributed by atoms with Crippen LogP contribution in [0.3, 0.4) is 0 Å². The van der Waals surface area contributed by atoms with Crippen LogP contribution in [-0.2, 0) is 10.0 Å². The monoisotopic (exact) mass is 294 g/mol. The molecule has 0 bridgehead atoms. The molecule has 0 unspecified atom stereocenters. The smallest absolute Gasteiger partial charge is 0.243 e. The van der Waals surface area contributed by atoms with Gasteiger partial charge in [0.2, 0.25) is 10.0 Å². The highest BCUT2D eigenvalue weighted by atomic mass is 32.2. The van der Waals surface area contributed by atoms with E-state index < -0.39 is 10.0 Å². The van der Waals surface area contributed by atoms with Crippen LogP contribution in [-0.4, -0.2) is 42.5 Å². The van der Waals surface area contributed by atoms with Crippen LogP contribution in [0.5, 0.6) is 0 Å². The Morgan fingerprint density at radius 3 is 2.75 bits per heavy atom. The van der Waals surface area contributed by atoms with E-state index in [0.29, 0.717) is 30.4 Å². The van der Waals surface area contributed by atoms with Crippen molar-refractivity contribution in [1.29, 1.82) is 0 Å². The summed E-state index contributed by atoms with van der Waals surface area (Å²) in [4.78, 5) is 4.45. The number of aliphatic hydroxyl groups excluding tert-OH is 1. The highest BCUT2D eigenvalue weighted by Crippen LogP contribution is 2.24. The summed E-state index contributed by atoms with van der Waals surface area (Å²) in [5.74, 6) is 0. The third kappa shape index (κ3) is 2.82. The van der Waals surface area contributed by atoms with E-state index in [0.717, 1.165) is 0 Å².